The maximum Gasteiger partial charge on any atom is 0.232 e. The molecule has 0 amide bonds. The fourth-order valence-electron chi connectivity index (χ4n) is 2.00. The number of hydrogen-bond acceptors (Lipinski definition) is 5. The van der Waals surface area contributed by atoms with E-state index in [4.69, 9.17) is 10.5 Å². The molecule has 2 heterocycles. The number of benzene rings is 1. The zero-order chi connectivity index (χ0) is 14.3. The van der Waals surface area contributed by atoms with E-state index in [1.165, 1.54) is 11.3 Å². The van der Waals surface area contributed by atoms with E-state index in [-0.39, 0.29) is 5.95 Å². The first-order valence-corrected chi connectivity index (χ1v) is 7.67. The summed E-state index contributed by atoms with van der Waals surface area (Å²) in [4.78, 5) is 9.21. The summed E-state index contributed by atoms with van der Waals surface area (Å²) < 4.78 is 6.99. The third kappa shape index (κ3) is 2.36. The minimum absolute atomic E-state index is 0.223. The molecule has 2 aromatic heterocycles. The van der Waals surface area contributed by atoms with Gasteiger partial charge in [-0.25, -0.2) is 4.98 Å². The number of anilines is 1. The van der Waals surface area contributed by atoms with E-state index < -0.39 is 0 Å². The molecule has 0 aliphatic rings. The molecular weight excluding hydrogens is 338 g/mol. The number of halogens is 1. The van der Waals surface area contributed by atoms with Crippen molar-refractivity contribution < 1.29 is 4.74 Å². The number of nitrogen functional groups attached to an aromatic ring is 1. The molecule has 102 valence electrons. The number of nitrogens with two attached hydrogens (primary N) is 1. The summed E-state index contributed by atoms with van der Waals surface area (Å²) in [6, 6.07) is 5.87. The molecule has 0 unspecified atom stereocenters. The highest BCUT2D eigenvalue weighted by Gasteiger charge is 2.11. The Kier molecular flexibility index (Phi) is 3.35. The maximum atomic E-state index is 5.90. The molecule has 1 aromatic carbocycles. The lowest BCUT2D eigenvalue weighted by Crippen LogP contribution is -1.97. The Bertz CT molecular complexity index is 777. The Balaban J connectivity index is 2.07. The highest BCUT2D eigenvalue weighted by Crippen LogP contribution is 2.33. The van der Waals surface area contributed by atoms with E-state index in [9.17, 15) is 0 Å². The van der Waals surface area contributed by atoms with Crippen LogP contribution < -0.4 is 10.5 Å². The number of nitrogens with zero attached hydrogens (tertiary/aromatic N) is 2. The molecule has 20 heavy (non-hydrogen) atoms. The minimum atomic E-state index is 0.223. The maximum absolute atomic E-state index is 5.90. The molecule has 0 spiro atoms. The molecule has 0 saturated heterocycles. The van der Waals surface area contributed by atoms with E-state index in [2.05, 4.69) is 25.9 Å². The molecule has 0 bridgehead atoms. The third-order valence-electron chi connectivity index (χ3n) is 2.93. The van der Waals surface area contributed by atoms with Crippen molar-refractivity contribution in [1.29, 1.82) is 0 Å². The summed E-state index contributed by atoms with van der Waals surface area (Å²) in [5.41, 5.74) is 7.95. The van der Waals surface area contributed by atoms with Crippen molar-refractivity contribution in [2.24, 2.45) is 0 Å². The molecule has 2 N–H and O–H groups in total. The number of fused-ring (bicyclic) bond motifs is 1. The first kappa shape index (κ1) is 13.3. The highest BCUT2D eigenvalue weighted by atomic mass is 79.9. The van der Waals surface area contributed by atoms with E-state index >= 15 is 0 Å². The number of aromatic nitrogens is 2. The molecule has 3 aromatic rings. The van der Waals surface area contributed by atoms with Crippen LogP contribution in [0.5, 0.6) is 11.6 Å². The molecule has 0 atom stereocenters. The lowest BCUT2D eigenvalue weighted by Gasteiger charge is -2.10. The number of thiophene rings is 1. The summed E-state index contributed by atoms with van der Waals surface area (Å²) in [6.07, 6.45) is 0. The fraction of sp³-hybridized carbons (Fsp3) is 0.143. The first-order chi connectivity index (χ1) is 9.54. The first-order valence-electron chi connectivity index (χ1n) is 6.00. The van der Waals surface area contributed by atoms with Crippen molar-refractivity contribution in [3.05, 3.63) is 39.2 Å². The van der Waals surface area contributed by atoms with Gasteiger partial charge in [-0.15, -0.1) is 11.3 Å². The second-order valence-electron chi connectivity index (χ2n) is 4.50. The number of ether oxygens (including phenoxy) is 1. The van der Waals surface area contributed by atoms with Gasteiger partial charge in [0.2, 0.25) is 11.8 Å². The van der Waals surface area contributed by atoms with E-state index in [1.807, 2.05) is 37.4 Å². The van der Waals surface area contributed by atoms with Crippen molar-refractivity contribution in [1.82, 2.24) is 9.97 Å². The second-order valence-corrected chi connectivity index (χ2v) is 6.19. The molecule has 0 saturated carbocycles. The average molecular weight is 350 g/mol. The molecule has 0 aliphatic heterocycles. The Morgan fingerprint density at radius 2 is 1.90 bits per heavy atom. The highest BCUT2D eigenvalue weighted by molar-refractivity contribution is 9.10. The van der Waals surface area contributed by atoms with Crippen LogP contribution in [0.4, 0.5) is 5.95 Å². The van der Waals surface area contributed by atoms with Gasteiger partial charge in [0.25, 0.3) is 0 Å². The Hall–Kier alpha value is -1.66. The van der Waals surface area contributed by atoms with Crippen LogP contribution in [0.15, 0.2) is 28.1 Å². The van der Waals surface area contributed by atoms with Gasteiger partial charge in [-0.1, -0.05) is 15.9 Å². The van der Waals surface area contributed by atoms with Gasteiger partial charge in [0.05, 0.1) is 5.39 Å². The normalized spacial score (nSPS) is 10.9. The fourth-order valence-corrected chi connectivity index (χ4v) is 2.99. The van der Waals surface area contributed by atoms with Gasteiger partial charge in [0.15, 0.2) is 0 Å². The molecule has 4 nitrogen and oxygen atoms in total. The number of rotatable bonds is 2. The summed E-state index contributed by atoms with van der Waals surface area (Å²) in [5, 5.41) is 2.83. The monoisotopic (exact) mass is 349 g/mol. The summed E-state index contributed by atoms with van der Waals surface area (Å²) in [5.74, 6) is 1.46. The van der Waals surface area contributed by atoms with Gasteiger partial charge in [0.1, 0.15) is 10.6 Å². The largest absolute Gasteiger partial charge is 0.438 e. The molecule has 3 rings (SSSR count). The van der Waals surface area contributed by atoms with Gasteiger partial charge in [0, 0.05) is 4.47 Å². The second kappa shape index (κ2) is 5.03. The van der Waals surface area contributed by atoms with Crippen molar-refractivity contribution in [2.45, 2.75) is 13.8 Å². The van der Waals surface area contributed by atoms with Crippen molar-refractivity contribution in [3.8, 4) is 11.6 Å². The van der Waals surface area contributed by atoms with Crippen LogP contribution >= 0.6 is 27.3 Å². The molecule has 0 radical (unpaired) electrons. The Morgan fingerprint density at radius 3 is 2.60 bits per heavy atom. The van der Waals surface area contributed by atoms with Crippen molar-refractivity contribution in [2.75, 3.05) is 5.73 Å². The van der Waals surface area contributed by atoms with E-state index in [0.717, 1.165) is 31.6 Å². The predicted molar refractivity (Wildman–Crippen MR) is 85.5 cm³/mol. The minimum Gasteiger partial charge on any atom is -0.438 e. The van der Waals surface area contributed by atoms with Gasteiger partial charge >= 0.3 is 0 Å². The molecule has 0 fully saturated rings. The van der Waals surface area contributed by atoms with Gasteiger partial charge in [-0.3, -0.25) is 0 Å². The molecule has 0 aliphatic carbocycles. The van der Waals surface area contributed by atoms with Crippen LogP contribution in [0.25, 0.3) is 10.2 Å². The van der Waals surface area contributed by atoms with Crippen LogP contribution in [-0.4, -0.2) is 9.97 Å². The third-order valence-corrected chi connectivity index (χ3v) is 4.99. The van der Waals surface area contributed by atoms with Crippen LogP contribution in [0.2, 0.25) is 0 Å². The molecule has 6 heteroatoms. The summed E-state index contributed by atoms with van der Waals surface area (Å²) in [7, 11) is 0. The quantitative estimate of drug-likeness (QED) is 0.742. The van der Waals surface area contributed by atoms with Gasteiger partial charge in [-0.05, 0) is 48.6 Å². The summed E-state index contributed by atoms with van der Waals surface area (Å²) >= 11 is 5.06. The summed E-state index contributed by atoms with van der Waals surface area (Å²) in [6.45, 7) is 4.05. The van der Waals surface area contributed by atoms with Crippen LogP contribution in [-0.2, 0) is 0 Å². The lowest BCUT2D eigenvalue weighted by molar-refractivity contribution is 0.468. The van der Waals surface area contributed by atoms with Crippen molar-refractivity contribution in [3.63, 3.8) is 0 Å². The van der Waals surface area contributed by atoms with Crippen LogP contribution in [0, 0.1) is 13.8 Å². The smallest absolute Gasteiger partial charge is 0.232 e. The van der Waals surface area contributed by atoms with Gasteiger partial charge < -0.3 is 10.5 Å². The topological polar surface area (TPSA) is 61.0 Å². The van der Waals surface area contributed by atoms with Gasteiger partial charge in [-0.2, -0.15) is 4.98 Å². The zero-order valence-corrected chi connectivity index (χ0v) is 13.4. The van der Waals surface area contributed by atoms with Crippen LogP contribution in [0.3, 0.4) is 0 Å². The SMILES string of the molecule is Cc1cc(Oc2nc(N)nc3sccc23)cc(C)c1Br. The number of aryl methyl sites for hydroxylation is 2. The standard InChI is InChI=1S/C14H12BrN3OS/c1-7-5-9(6-8(2)11(7)15)19-12-10-3-4-20-13(10)18-14(16)17-12/h3-6H,1-2H3,(H2,16,17,18). The predicted octanol–water partition coefficient (Wildman–Crippen LogP) is 4.45. The van der Waals surface area contributed by atoms with Crippen molar-refractivity contribution >= 4 is 43.4 Å². The van der Waals surface area contributed by atoms with Crippen LogP contribution in [0.1, 0.15) is 11.1 Å². The Morgan fingerprint density at radius 1 is 1.20 bits per heavy atom. The average Bonchev–Trinajstić information content (AvgIpc) is 2.84. The Labute approximate surface area is 128 Å². The van der Waals surface area contributed by atoms with E-state index in [1.54, 1.807) is 0 Å². The van der Waals surface area contributed by atoms with E-state index in [0.29, 0.717) is 5.88 Å². The number of hydrogen-bond donors (Lipinski definition) is 1. The molecular formula is C14H12BrN3OS. The lowest BCUT2D eigenvalue weighted by atomic mass is 10.1. The zero-order valence-electron chi connectivity index (χ0n) is 11.0.